The van der Waals surface area contributed by atoms with E-state index in [1.165, 1.54) is 12.5 Å². The number of likely N-dealkylation sites (tertiary alicyclic amines) is 1. The van der Waals surface area contributed by atoms with Crippen LogP contribution >= 0.6 is 0 Å². The first-order valence-electron chi connectivity index (χ1n) is 7.39. The number of carboxylic acid groups (broad SMARTS) is 1. The molecule has 1 saturated heterocycles. The lowest BCUT2D eigenvalue weighted by molar-refractivity contribution is -0.131. The second-order valence-corrected chi connectivity index (χ2v) is 5.36. The zero-order valence-corrected chi connectivity index (χ0v) is 12.4. The summed E-state index contributed by atoms with van der Waals surface area (Å²) in [6.45, 7) is 4.38. The molecule has 1 amide bonds. The molecular weight excluding hydrogens is 272 g/mol. The third kappa shape index (κ3) is 4.32. The first-order valence-corrected chi connectivity index (χ1v) is 7.39. The molecule has 0 radical (unpaired) electrons. The average molecular weight is 294 g/mol. The van der Waals surface area contributed by atoms with Gasteiger partial charge in [-0.15, -0.1) is 0 Å². The molecule has 6 nitrogen and oxygen atoms in total. The Morgan fingerprint density at radius 3 is 2.67 bits per heavy atom. The second-order valence-electron chi connectivity index (χ2n) is 5.36. The molecule has 0 aliphatic carbocycles. The van der Waals surface area contributed by atoms with Crippen LogP contribution in [0.5, 0.6) is 0 Å². The van der Waals surface area contributed by atoms with Crippen LogP contribution in [0.1, 0.15) is 47.6 Å². The minimum absolute atomic E-state index is 0.184. The number of carbonyl (C=O) groups excluding carboxylic acids is 1. The minimum Gasteiger partial charge on any atom is -0.478 e. The van der Waals surface area contributed by atoms with Crippen molar-refractivity contribution in [3.05, 3.63) is 23.2 Å². The maximum absolute atomic E-state index is 11.9. The van der Waals surface area contributed by atoms with Gasteiger partial charge < -0.3 is 19.7 Å². The van der Waals surface area contributed by atoms with E-state index in [9.17, 15) is 9.59 Å². The van der Waals surface area contributed by atoms with Crippen molar-refractivity contribution in [1.82, 2.24) is 10.2 Å². The van der Waals surface area contributed by atoms with Crippen molar-refractivity contribution in [2.75, 3.05) is 19.6 Å². The molecule has 0 saturated carbocycles. The number of piperidine rings is 1. The number of hydrogen-bond donors (Lipinski definition) is 2. The number of carboxylic acids is 1. The SMILES string of the molecule is Cc1oc(CNCCC(=O)N2CCCCC2)cc1C(=O)O. The summed E-state index contributed by atoms with van der Waals surface area (Å²) < 4.78 is 5.36. The number of aromatic carboxylic acids is 1. The molecule has 0 bridgehead atoms. The van der Waals surface area contributed by atoms with E-state index in [1.54, 1.807) is 6.92 Å². The largest absolute Gasteiger partial charge is 0.478 e. The van der Waals surface area contributed by atoms with Crippen LogP contribution in [0.15, 0.2) is 10.5 Å². The molecule has 1 fully saturated rings. The van der Waals surface area contributed by atoms with E-state index in [4.69, 9.17) is 9.52 Å². The van der Waals surface area contributed by atoms with Crippen molar-refractivity contribution < 1.29 is 19.1 Å². The number of hydrogen-bond acceptors (Lipinski definition) is 4. The number of carbonyl (C=O) groups is 2. The molecular formula is C15H22N2O4. The highest BCUT2D eigenvalue weighted by atomic mass is 16.4. The van der Waals surface area contributed by atoms with Gasteiger partial charge in [0, 0.05) is 26.1 Å². The van der Waals surface area contributed by atoms with Gasteiger partial charge in [0.2, 0.25) is 5.91 Å². The highest BCUT2D eigenvalue weighted by Crippen LogP contribution is 2.14. The second kappa shape index (κ2) is 7.26. The van der Waals surface area contributed by atoms with Crippen molar-refractivity contribution in [3.8, 4) is 0 Å². The smallest absolute Gasteiger partial charge is 0.339 e. The fraction of sp³-hybridized carbons (Fsp3) is 0.600. The number of amides is 1. The third-order valence-corrected chi connectivity index (χ3v) is 3.72. The Hall–Kier alpha value is -1.82. The third-order valence-electron chi connectivity index (χ3n) is 3.72. The lowest BCUT2D eigenvalue weighted by Gasteiger charge is -2.26. The van der Waals surface area contributed by atoms with Gasteiger partial charge >= 0.3 is 5.97 Å². The first kappa shape index (κ1) is 15.6. The van der Waals surface area contributed by atoms with Crippen LogP contribution in [0, 0.1) is 6.92 Å². The molecule has 6 heteroatoms. The highest BCUT2D eigenvalue weighted by Gasteiger charge is 2.16. The van der Waals surface area contributed by atoms with Gasteiger partial charge in [0.05, 0.1) is 6.54 Å². The van der Waals surface area contributed by atoms with E-state index in [0.29, 0.717) is 31.0 Å². The summed E-state index contributed by atoms with van der Waals surface area (Å²) in [7, 11) is 0. The van der Waals surface area contributed by atoms with Gasteiger partial charge in [-0.05, 0) is 32.3 Å². The van der Waals surface area contributed by atoms with Crippen molar-refractivity contribution in [3.63, 3.8) is 0 Å². The maximum Gasteiger partial charge on any atom is 0.339 e. The van der Waals surface area contributed by atoms with Crippen LogP contribution in [0.2, 0.25) is 0 Å². The summed E-state index contributed by atoms with van der Waals surface area (Å²) >= 11 is 0. The van der Waals surface area contributed by atoms with E-state index in [0.717, 1.165) is 25.9 Å². The summed E-state index contributed by atoms with van der Waals surface area (Å²) in [4.78, 5) is 24.8. The Morgan fingerprint density at radius 1 is 1.33 bits per heavy atom. The maximum atomic E-state index is 11.9. The predicted octanol–water partition coefficient (Wildman–Crippen LogP) is 1.78. The van der Waals surface area contributed by atoms with Crippen LogP contribution in [0.4, 0.5) is 0 Å². The molecule has 0 spiro atoms. The number of rotatable bonds is 6. The summed E-state index contributed by atoms with van der Waals surface area (Å²) in [5.41, 5.74) is 0.191. The fourth-order valence-electron chi connectivity index (χ4n) is 2.55. The molecule has 116 valence electrons. The Bertz CT molecular complexity index is 504. The molecule has 2 N–H and O–H groups in total. The molecule has 1 aromatic rings. The Morgan fingerprint density at radius 2 is 2.05 bits per heavy atom. The van der Waals surface area contributed by atoms with Gasteiger partial charge in [0.25, 0.3) is 0 Å². The van der Waals surface area contributed by atoms with Gasteiger partial charge in [-0.1, -0.05) is 0 Å². The molecule has 0 aromatic carbocycles. The monoisotopic (exact) mass is 294 g/mol. The predicted molar refractivity (Wildman–Crippen MR) is 77.2 cm³/mol. The summed E-state index contributed by atoms with van der Waals surface area (Å²) in [6, 6.07) is 1.52. The lowest BCUT2D eigenvalue weighted by Crippen LogP contribution is -2.37. The van der Waals surface area contributed by atoms with E-state index in [-0.39, 0.29) is 11.5 Å². The van der Waals surface area contributed by atoms with Gasteiger partial charge in [0.15, 0.2) is 0 Å². The normalized spacial score (nSPS) is 15.2. The van der Waals surface area contributed by atoms with Gasteiger partial charge in [-0.3, -0.25) is 4.79 Å². The van der Waals surface area contributed by atoms with Gasteiger partial charge in [-0.25, -0.2) is 4.79 Å². The Kier molecular flexibility index (Phi) is 5.38. The lowest BCUT2D eigenvalue weighted by atomic mass is 10.1. The minimum atomic E-state index is -0.984. The van der Waals surface area contributed by atoms with E-state index in [2.05, 4.69) is 5.32 Å². The van der Waals surface area contributed by atoms with E-state index in [1.807, 2.05) is 4.90 Å². The van der Waals surface area contributed by atoms with Gasteiger partial charge in [0.1, 0.15) is 17.1 Å². The molecule has 2 heterocycles. The number of nitrogens with one attached hydrogen (secondary N) is 1. The molecule has 1 aromatic heterocycles. The molecule has 1 aliphatic heterocycles. The molecule has 2 rings (SSSR count). The quantitative estimate of drug-likeness (QED) is 0.781. The topological polar surface area (TPSA) is 82.8 Å². The number of furan rings is 1. The zero-order chi connectivity index (χ0) is 15.2. The van der Waals surface area contributed by atoms with Crippen LogP contribution in [0.25, 0.3) is 0 Å². The van der Waals surface area contributed by atoms with Crippen molar-refractivity contribution in [2.45, 2.75) is 39.2 Å². The first-order chi connectivity index (χ1) is 10.1. The molecule has 0 unspecified atom stereocenters. The molecule has 0 atom stereocenters. The zero-order valence-electron chi connectivity index (χ0n) is 12.4. The standard InChI is InChI=1S/C15H22N2O4/c1-11-13(15(19)20)9-12(21-11)10-16-6-5-14(18)17-7-3-2-4-8-17/h9,16H,2-8,10H2,1H3,(H,19,20). The van der Waals surface area contributed by atoms with E-state index >= 15 is 0 Å². The van der Waals surface area contributed by atoms with Crippen LogP contribution in [-0.2, 0) is 11.3 Å². The Labute approximate surface area is 124 Å². The average Bonchev–Trinajstić information content (AvgIpc) is 2.85. The van der Waals surface area contributed by atoms with Gasteiger partial charge in [-0.2, -0.15) is 0 Å². The van der Waals surface area contributed by atoms with Crippen molar-refractivity contribution >= 4 is 11.9 Å². The van der Waals surface area contributed by atoms with Crippen molar-refractivity contribution in [2.24, 2.45) is 0 Å². The summed E-state index contributed by atoms with van der Waals surface area (Å²) in [6.07, 6.45) is 3.88. The molecule has 1 aliphatic rings. The fourth-order valence-corrected chi connectivity index (χ4v) is 2.55. The van der Waals surface area contributed by atoms with Crippen LogP contribution < -0.4 is 5.32 Å². The molecule has 21 heavy (non-hydrogen) atoms. The van der Waals surface area contributed by atoms with Crippen LogP contribution in [0.3, 0.4) is 0 Å². The number of nitrogens with zero attached hydrogens (tertiary/aromatic N) is 1. The highest BCUT2D eigenvalue weighted by molar-refractivity contribution is 5.88. The van der Waals surface area contributed by atoms with E-state index < -0.39 is 5.97 Å². The number of aryl methyl sites for hydroxylation is 1. The Balaban J connectivity index is 1.70. The summed E-state index contributed by atoms with van der Waals surface area (Å²) in [5, 5.41) is 12.1. The van der Waals surface area contributed by atoms with Crippen molar-refractivity contribution in [1.29, 1.82) is 0 Å². The summed E-state index contributed by atoms with van der Waals surface area (Å²) in [5.74, 6) is 0.186. The van der Waals surface area contributed by atoms with Crippen LogP contribution in [-0.4, -0.2) is 41.5 Å².